The second kappa shape index (κ2) is 5.25. The van der Waals surface area contributed by atoms with E-state index in [4.69, 9.17) is 23.2 Å². The van der Waals surface area contributed by atoms with Gasteiger partial charge in [-0.1, -0.05) is 29.6 Å². The van der Waals surface area contributed by atoms with Crippen LogP contribution in [0.3, 0.4) is 0 Å². The molecule has 6 heteroatoms. The SMILES string of the molecule is O=C(c1cc(Cl)nnc1Cl)N1CC2CCCC(C2)C1. The third-order valence-corrected chi connectivity index (χ3v) is 4.55. The second-order valence-corrected chi connectivity index (χ2v) is 6.23. The summed E-state index contributed by atoms with van der Waals surface area (Å²) in [4.78, 5) is 14.4. The molecule has 19 heavy (non-hydrogen) atoms. The van der Waals surface area contributed by atoms with Gasteiger partial charge in [-0.3, -0.25) is 4.79 Å². The molecule has 0 N–H and O–H groups in total. The van der Waals surface area contributed by atoms with E-state index in [0.717, 1.165) is 13.1 Å². The van der Waals surface area contributed by atoms with Crippen molar-refractivity contribution in [2.24, 2.45) is 11.8 Å². The molecule has 2 fully saturated rings. The Morgan fingerprint density at radius 3 is 2.58 bits per heavy atom. The van der Waals surface area contributed by atoms with Crippen molar-refractivity contribution >= 4 is 29.1 Å². The highest BCUT2D eigenvalue weighted by Gasteiger charge is 2.33. The molecule has 0 aromatic carbocycles. The summed E-state index contributed by atoms with van der Waals surface area (Å²) in [6, 6.07) is 1.50. The Kier molecular flexibility index (Phi) is 3.63. The van der Waals surface area contributed by atoms with Crippen LogP contribution in [-0.4, -0.2) is 34.1 Å². The van der Waals surface area contributed by atoms with E-state index < -0.39 is 0 Å². The van der Waals surface area contributed by atoms with Crippen LogP contribution in [0.1, 0.15) is 36.0 Å². The van der Waals surface area contributed by atoms with E-state index in [-0.39, 0.29) is 16.2 Å². The minimum atomic E-state index is -0.0709. The molecule has 2 unspecified atom stereocenters. The zero-order valence-corrected chi connectivity index (χ0v) is 12.0. The van der Waals surface area contributed by atoms with Crippen molar-refractivity contribution in [2.75, 3.05) is 13.1 Å². The van der Waals surface area contributed by atoms with Crippen molar-refractivity contribution < 1.29 is 4.79 Å². The minimum Gasteiger partial charge on any atom is -0.338 e. The molecule has 0 radical (unpaired) electrons. The molecule has 1 aliphatic heterocycles. The largest absolute Gasteiger partial charge is 0.338 e. The Morgan fingerprint density at radius 1 is 1.21 bits per heavy atom. The van der Waals surface area contributed by atoms with Crippen LogP contribution in [0, 0.1) is 11.8 Å². The molecule has 2 heterocycles. The van der Waals surface area contributed by atoms with Crippen LogP contribution in [0.5, 0.6) is 0 Å². The predicted octanol–water partition coefficient (Wildman–Crippen LogP) is 3.05. The predicted molar refractivity (Wildman–Crippen MR) is 73.4 cm³/mol. The molecule has 1 saturated heterocycles. The summed E-state index contributed by atoms with van der Waals surface area (Å²) in [6.45, 7) is 1.65. The van der Waals surface area contributed by atoms with E-state index in [9.17, 15) is 4.79 Å². The van der Waals surface area contributed by atoms with Crippen molar-refractivity contribution in [3.63, 3.8) is 0 Å². The highest BCUT2D eigenvalue weighted by molar-refractivity contribution is 6.34. The topological polar surface area (TPSA) is 46.1 Å². The van der Waals surface area contributed by atoms with Gasteiger partial charge in [0.2, 0.25) is 0 Å². The maximum absolute atomic E-state index is 12.5. The first kappa shape index (κ1) is 13.1. The van der Waals surface area contributed by atoms with Gasteiger partial charge < -0.3 is 4.90 Å². The summed E-state index contributed by atoms with van der Waals surface area (Å²) < 4.78 is 0. The quantitative estimate of drug-likeness (QED) is 0.801. The Balaban J connectivity index is 1.82. The number of aromatic nitrogens is 2. The fourth-order valence-corrected chi connectivity index (χ4v) is 3.59. The molecule has 2 bridgehead atoms. The van der Waals surface area contributed by atoms with Crippen LogP contribution in [0.2, 0.25) is 10.3 Å². The van der Waals surface area contributed by atoms with Gasteiger partial charge in [0.25, 0.3) is 5.91 Å². The Morgan fingerprint density at radius 2 is 1.89 bits per heavy atom. The van der Waals surface area contributed by atoms with Gasteiger partial charge in [0, 0.05) is 13.1 Å². The molecule has 2 atom stereocenters. The minimum absolute atomic E-state index is 0.0709. The monoisotopic (exact) mass is 299 g/mol. The molecule has 2 aliphatic rings. The first-order valence-corrected chi connectivity index (χ1v) is 7.37. The smallest absolute Gasteiger partial charge is 0.257 e. The summed E-state index contributed by atoms with van der Waals surface area (Å²) in [6.07, 6.45) is 5.00. The Labute approximate surface area is 122 Å². The van der Waals surface area contributed by atoms with E-state index in [1.165, 1.54) is 31.7 Å². The fraction of sp³-hybridized carbons (Fsp3) is 0.615. The summed E-state index contributed by atoms with van der Waals surface area (Å²) in [5.74, 6) is 1.21. The van der Waals surface area contributed by atoms with Crippen LogP contribution in [0.15, 0.2) is 6.07 Å². The van der Waals surface area contributed by atoms with Gasteiger partial charge in [-0.2, -0.15) is 0 Å². The van der Waals surface area contributed by atoms with Crippen LogP contribution >= 0.6 is 23.2 Å². The van der Waals surface area contributed by atoms with Gasteiger partial charge >= 0.3 is 0 Å². The van der Waals surface area contributed by atoms with Crippen molar-refractivity contribution in [2.45, 2.75) is 25.7 Å². The molecule has 0 spiro atoms. The Bertz CT molecular complexity index is 497. The third kappa shape index (κ3) is 2.70. The molecule has 1 aromatic rings. The number of hydrogen-bond acceptors (Lipinski definition) is 3. The molecule has 1 saturated carbocycles. The van der Waals surface area contributed by atoms with Crippen LogP contribution in [-0.2, 0) is 0 Å². The maximum atomic E-state index is 12.5. The lowest BCUT2D eigenvalue weighted by Crippen LogP contribution is -2.45. The van der Waals surface area contributed by atoms with Gasteiger partial charge in [-0.25, -0.2) is 0 Å². The van der Waals surface area contributed by atoms with Crippen molar-refractivity contribution in [1.82, 2.24) is 15.1 Å². The van der Waals surface area contributed by atoms with Crippen molar-refractivity contribution in [1.29, 1.82) is 0 Å². The van der Waals surface area contributed by atoms with Crippen LogP contribution in [0.4, 0.5) is 0 Å². The lowest BCUT2D eigenvalue weighted by molar-refractivity contribution is 0.0504. The zero-order chi connectivity index (χ0) is 13.4. The van der Waals surface area contributed by atoms with Gasteiger partial charge in [-0.05, 0) is 37.2 Å². The zero-order valence-electron chi connectivity index (χ0n) is 10.5. The number of nitrogens with zero attached hydrogens (tertiary/aromatic N) is 3. The van der Waals surface area contributed by atoms with Crippen molar-refractivity contribution in [3.8, 4) is 0 Å². The average Bonchev–Trinajstić information content (AvgIpc) is 2.40. The third-order valence-electron chi connectivity index (χ3n) is 4.09. The van der Waals surface area contributed by atoms with Crippen LogP contribution in [0.25, 0.3) is 0 Å². The van der Waals surface area contributed by atoms with Crippen molar-refractivity contribution in [3.05, 3.63) is 21.9 Å². The standard InChI is InChI=1S/C13H15Cl2N3O/c14-11-5-10(12(15)17-16-11)13(19)18-6-8-2-1-3-9(4-8)7-18/h5,8-9H,1-4,6-7H2. The van der Waals surface area contributed by atoms with E-state index in [0.29, 0.717) is 17.4 Å². The number of halogens is 2. The van der Waals surface area contributed by atoms with E-state index in [2.05, 4.69) is 10.2 Å². The fourth-order valence-electron chi connectivity index (χ4n) is 3.27. The molecular weight excluding hydrogens is 285 g/mol. The molecular formula is C13H15Cl2N3O. The lowest BCUT2D eigenvalue weighted by atomic mass is 9.78. The van der Waals surface area contributed by atoms with Gasteiger partial charge in [0.05, 0.1) is 5.56 Å². The number of rotatable bonds is 1. The number of hydrogen-bond donors (Lipinski definition) is 0. The number of amides is 1. The first-order valence-electron chi connectivity index (χ1n) is 6.61. The highest BCUT2D eigenvalue weighted by atomic mass is 35.5. The summed E-state index contributed by atoms with van der Waals surface area (Å²) in [5.41, 5.74) is 0.363. The molecule has 3 rings (SSSR count). The number of carbonyl (C=O) groups is 1. The summed E-state index contributed by atoms with van der Waals surface area (Å²) in [7, 11) is 0. The number of likely N-dealkylation sites (tertiary alicyclic amines) is 1. The average molecular weight is 300 g/mol. The van der Waals surface area contributed by atoms with Gasteiger partial charge in [0.15, 0.2) is 10.3 Å². The van der Waals surface area contributed by atoms with E-state index >= 15 is 0 Å². The first-order chi connectivity index (χ1) is 9.13. The number of carbonyl (C=O) groups excluding carboxylic acids is 1. The van der Waals surface area contributed by atoms with Gasteiger partial charge in [0.1, 0.15) is 0 Å². The van der Waals surface area contributed by atoms with Crippen LogP contribution < -0.4 is 0 Å². The molecule has 102 valence electrons. The number of fused-ring (bicyclic) bond motifs is 2. The highest BCUT2D eigenvalue weighted by Crippen LogP contribution is 2.35. The molecule has 1 amide bonds. The normalized spacial score (nSPS) is 26.3. The molecule has 1 aromatic heterocycles. The molecule has 4 nitrogen and oxygen atoms in total. The summed E-state index contributed by atoms with van der Waals surface area (Å²) >= 11 is 11.7. The maximum Gasteiger partial charge on any atom is 0.257 e. The molecule has 1 aliphatic carbocycles. The summed E-state index contributed by atoms with van der Waals surface area (Å²) in [5, 5.41) is 7.67. The Hall–Kier alpha value is -0.870. The van der Waals surface area contributed by atoms with E-state index in [1.54, 1.807) is 0 Å². The second-order valence-electron chi connectivity index (χ2n) is 5.48. The van der Waals surface area contributed by atoms with E-state index in [1.807, 2.05) is 4.90 Å². The van der Waals surface area contributed by atoms with Gasteiger partial charge in [-0.15, -0.1) is 10.2 Å². The number of piperidine rings is 1. The lowest BCUT2D eigenvalue weighted by Gasteiger charge is -2.41.